The van der Waals surface area contributed by atoms with E-state index in [1.54, 1.807) is 0 Å². The van der Waals surface area contributed by atoms with E-state index in [1.165, 1.54) is 0 Å². The van der Waals surface area contributed by atoms with Gasteiger partial charge in [0.2, 0.25) is 0 Å². The fourth-order valence-corrected chi connectivity index (χ4v) is 2.27. The molecule has 0 aliphatic heterocycles. The van der Waals surface area contributed by atoms with Crippen molar-refractivity contribution < 1.29 is 0 Å². The number of benzene rings is 1. The van der Waals surface area contributed by atoms with E-state index in [1.807, 2.05) is 25.1 Å². The van der Waals surface area contributed by atoms with Crippen LogP contribution in [-0.4, -0.2) is 8.75 Å². The summed E-state index contributed by atoms with van der Waals surface area (Å²) in [5.74, 6) is 0.604. The molecule has 0 bridgehead atoms. The van der Waals surface area contributed by atoms with Gasteiger partial charge in [-0.1, -0.05) is 27.5 Å². The zero-order chi connectivity index (χ0) is 10.8. The largest absolute Gasteiger partial charge is 0.337 e. The average Bonchev–Trinajstić information content (AvgIpc) is 2.57. The van der Waals surface area contributed by atoms with Crippen molar-refractivity contribution in [2.75, 3.05) is 5.32 Å². The van der Waals surface area contributed by atoms with Crippen LogP contribution in [0.4, 0.5) is 11.5 Å². The molecule has 1 N–H and O–H groups in total. The van der Waals surface area contributed by atoms with Crippen molar-refractivity contribution in [2.24, 2.45) is 0 Å². The number of aryl methyl sites for hydroxylation is 1. The maximum Gasteiger partial charge on any atom is 0.187 e. The van der Waals surface area contributed by atoms with Crippen LogP contribution in [0.5, 0.6) is 0 Å². The number of nitrogens with one attached hydrogen (secondary N) is 1. The molecule has 6 heteroatoms. The highest BCUT2D eigenvalue weighted by Crippen LogP contribution is 2.26. The Morgan fingerprint density at radius 3 is 2.80 bits per heavy atom. The maximum atomic E-state index is 5.84. The Morgan fingerprint density at radius 1 is 1.40 bits per heavy atom. The smallest absolute Gasteiger partial charge is 0.187 e. The predicted molar refractivity (Wildman–Crippen MR) is 67.1 cm³/mol. The van der Waals surface area contributed by atoms with Crippen LogP contribution in [0.15, 0.2) is 22.7 Å². The summed E-state index contributed by atoms with van der Waals surface area (Å²) in [6, 6.07) is 5.95. The molecule has 0 atom stereocenters. The van der Waals surface area contributed by atoms with Gasteiger partial charge in [0.15, 0.2) is 11.0 Å². The van der Waals surface area contributed by atoms with Crippen molar-refractivity contribution in [3.8, 4) is 0 Å². The zero-order valence-corrected chi connectivity index (χ0v) is 10.9. The molecule has 2 aromatic rings. The van der Waals surface area contributed by atoms with Crippen LogP contribution < -0.4 is 5.32 Å². The van der Waals surface area contributed by atoms with Gasteiger partial charge >= 0.3 is 0 Å². The first-order valence-electron chi connectivity index (χ1n) is 4.18. The number of nitrogens with zero attached hydrogens (tertiary/aromatic N) is 2. The molecule has 1 aromatic carbocycles. The summed E-state index contributed by atoms with van der Waals surface area (Å²) in [7, 11) is 0. The lowest BCUT2D eigenvalue weighted by Gasteiger charge is -2.06. The van der Waals surface area contributed by atoms with Gasteiger partial charge in [-0.2, -0.15) is 8.75 Å². The number of rotatable bonds is 2. The molecule has 0 amide bonds. The van der Waals surface area contributed by atoms with E-state index in [-0.39, 0.29) is 0 Å². The number of hydrogen-bond donors (Lipinski definition) is 1. The van der Waals surface area contributed by atoms with Gasteiger partial charge in [0.25, 0.3) is 0 Å². The van der Waals surface area contributed by atoms with Crippen molar-refractivity contribution in [3.05, 3.63) is 33.4 Å². The van der Waals surface area contributed by atoms with Crippen LogP contribution in [0.3, 0.4) is 0 Å². The summed E-state index contributed by atoms with van der Waals surface area (Å²) in [5.41, 5.74) is 2.10. The normalized spacial score (nSPS) is 10.3. The van der Waals surface area contributed by atoms with Crippen molar-refractivity contribution in [2.45, 2.75) is 6.92 Å². The number of aromatic nitrogens is 2. The monoisotopic (exact) mass is 303 g/mol. The standard InChI is InChI=1S/C9H7BrClN3S/c1-5-4-6(10)2-3-7(5)12-9-8(11)13-15-14-9/h2-4H,1H3,(H,12,14). The highest BCUT2D eigenvalue weighted by atomic mass is 79.9. The summed E-state index contributed by atoms with van der Waals surface area (Å²) in [5, 5.41) is 3.54. The molecule has 0 aliphatic carbocycles. The van der Waals surface area contributed by atoms with Crippen LogP contribution in [0.2, 0.25) is 5.15 Å². The molecule has 0 saturated heterocycles. The summed E-state index contributed by atoms with van der Waals surface area (Å²) in [6.45, 7) is 2.01. The Hall–Kier alpha value is -0.650. The second kappa shape index (κ2) is 4.47. The highest BCUT2D eigenvalue weighted by molar-refractivity contribution is 9.10. The van der Waals surface area contributed by atoms with E-state index in [0.717, 1.165) is 27.5 Å². The Kier molecular flexibility index (Phi) is 3.23. The second-order valence-corrected chi connectivity index (χ2v) is 4.79. The first-order valence-corrected chi connectivity index (χ1v) is 6.08. The van der Waals surface area contributed by atoms with Gasteiger partial charge in [0.1, 0.15) is 0 Å². The van der Waals surface area contributed by atoms with Gasteiger partial charge in [-0.25, -0.2) is 0 Å². The highest BCUT2D eigenvalue weighted by Gasteiger charge is 2.06. The number of anilines is 2. The first kappa shape index (κ1) is 10.9. The Morgan fingerprint density at radius 2 is 2.20 bits per heavy atom. The molecule has 3 nitrogen and oxygen atoms in total. The van der Waals surface area contributed by atoms with Crippen LogP contribution in [0, 0.1) is 6.92 Å². The average molecular weight is 305 g/mol. The summed E-state index contributed by atoms with van der Waals surface area (Å²) >= 11 is 10.3. The minimum Gasteiger partial charge on any atom is -0.337 e. The molecule has 1 heterocycles. The van der Waals surface area contributed by atoms with E-state index in [2.05, 4.69) is 30.0 Å². The Labute approximate surface area is 105 Å². The van der Waals surface area contributed by atoms with Gasteiger partial charge in [-0.15, -0.1) is 0 Å². The van der Waals surface area contributed by atoms with Crippen molar-refractivity contribution in [1.29, 1.82) is 0 Å². The fourth-order valence-electron chi connectivity index (χ4n) is 1.15. The quantitative estimate of drug-likeness (QED) is 0.911. The molecular weight excluding hydrogens is 298 g/mol. The molecule has 0 saturated carbocycles. The van der Waals surface area contributed by atoms with E-state index < -0.39 is 0 Å². The van der Waals surface area contributed by atoms with Crippen molar-refractivity contribution >= 4 is 50.8 Å². The first-order chi connectivity index (χ1) is 7.16. The summed E-state index contributed by atoms with van der Waals surface area (Å²) in [6.07, 6.45) is 0. The lowest BCUT2D eigenvalue weighted by Crippen LogP contribution is -1.93. The van der Waals surface area contributed by atoms with Crippen molar-refractivity contribution in [3.63, 3.8) is 0 Å². The third-order valence-corrected chi connectivity index (χ3v) is 3.28. The molecule has 1 aromatic heterocycles. The Bertz CT molecular complexity index is 486. The molecule has 0 aliphatic rings. The zero-order valence-electron chi connectivity index (χ0n) is 7.79. The van der Waals surface area contributed by atoms with Crippen LogP contribution in [-0.2, 0) is 0 Å². The molecule has 78 valence electrons. The summed E-state index contributed by atoms with van der Waals surface area (Å²) < 4.78 is 8.98. The lowest BCUT2D eigenvalue weighted by molar-refractivity contribution is 1.38. The molecule has 0 fully saturated rings. The topological polar surface area (TPSA) is 37.8 Å². The molecule has 0 unspecified atom stereocenters. The minimum absolute atomic E-state index is 0.405. The van der Waals surface area contributed by atoms with Crippen molar-refractivity contribution in [1.82, 2.24) is 8.75 Å². The molecule has 0 radical (unpaired) electrons. The van der Waals surface area contributed by atoms with E-state index >= 15 is 0 Å². The van der Waals surface area contributed by atoms with E-state index in [9.17, 15) is 0 Å². The molecule has 15 heavy (non-hydrogen) atoms. The van der Waals surface area contributed by atoms with Gasteiger partial charge in [0, 0.05) is 10.2 Å². The second-order valence-electron chi connectivity index (χ2n) is 2.99. The van der Waals surface area contributed by atoms with E-state index in [4.69, 9.17) is 11.6 Å². The molecular formula is C9H7BrClN3S. The molecule has 0 spiro atoms. The van der Waals surface area contributed by atoms with Crippen LogP contribution in [0.25, 0.3) is 0 Å². The SMILES string of the molecule is Cc1cc(Br)ccc1Nc1nsnc1Cl. The third-order valence-electron chi connectivity index (χ3n) is 1.89. The maximum absolute atomic E-state index is 5.84. The van der Waals surface area contributed by atoms with E-state index in [0.29, 0.717) is 11.0 Å². The lowest BCUT2D eigenvalue weighted by atomic mass is 10.2. The summed E-state index contributed by atoms with van der Waals surface area (Å²) in [4.78, 5) is 0. The van der Waals surface area contributed by atoms with Gasteiger partial charge in [-0.05, 0) is 30.7 Å². The number of halogens is 2. The van der Waals surface area contributed by atoms with Gasteiger partial charge < -0.3 is 5.32 Å². The van der Waals surface area contributed by atoms with Gasteiger partial charge in [-0.3, -0.25) is 0 Å². The Balaban J connectivity index is 2.29. The van der Waals surface area contributed by atoms with Gasteiger partial charge in [0.05, 0.1) is 11.7 Å². The van der Waals surface area contributed by atoms with Crippen LogP contribution >= 0.6 is 39.3 Å². The fraction of sp³-hybridized carbons (Fsp3) is 0.111. The van der Waals surface area contributed by atoms with Crippen LogP contribution in [0.1, 0.15) is 5.56 Å². The molecule has 2 rings (SSSR count). The minimum atomic E-state index is 0.405. The third kappa shape index (κ3) is 2.48. The number of hydrogen-bond acceptors (Lipinski definition) is 4. The predicted octanol–water partition coefficient (Wildman–Crippen LogP) is 4.01.